The third kappa shape index (κ3) is 4.88. The van der Waals surface area contributed by atoms with E-state index in [0.29, 0.717) is 31.7 Å². The van der Waals surface area contributed by atoms with Crippen molar-refractivity contribution in [2.45, 2.75) is 39.2 Å². The van der Waals surface area contributed by atoms with E-state index in [-0.39, 0.29) is 11.8 Å². The van der Waals surface area contributed by atoms with E-state index in [2.05, 4.69) is 17.6 Å². The van der Waals surface area contributed by atoms with E-state index >= 15 is 0 Å². The predicted octanol–water partition coefficient (Wildman–Crippen LogP) is 3.90. The second-order valence-corrected chi connectivity index (χ2v) is 6.94. The van der Waals surface area contributed by atoms with E-state index in [4.69, 9.17) is 4.74 Å². The quantitative estimate of drug-likeness (QED) is 0.522. The van der Waals surface area contributed by atoms with Crippen molar-refractivity contribution in [1.29, 1.82) is 0 Å². The normalized spacial score (nSPS) is 14.3. The fourth-order valence-corrected chi connectivity index (χ4v) is 2.86. The lowest BCUT2D eigenvalue weighted by molar-refractivity contribution is -0.134. The number of unbranched alkanes of at least 4 members (excludes halogenated alkanes) is 1. The van der Waals surface area contributed by atoms with E-state index in [1.54, 1.807) is 12.1 Å². The Bertz CT molecular complexity index is 768. The van der Waals surface area contributed by atoms with Gasteiger partial charge in [-0.3, -0.25) is 9.59 Å². The third-order valence-electron chi connectivity index (χ3n) is 4.80. The summed E-state index contributed by atoms with van der Waals surface area (Å²) < 4.78 is 5.75. The Morgan fingerprint density at radius 3 is 2.33 bits per heavy atom. The Morgan fingerprint density at radius 2 is 1.70 bits per heavy atom. The minimum absolute atomic E-state index is 0.156. The van der Waals surface area contributed by atoms with E-state index in [9.17, 15) is 9.59 Å². The number of anilines is 1. The molecule has 0 heterocycles. The smallest absolute Gasteiger partial charge is 0.240 e. The van der Waals surface area contributed by atoms with E-state index < -0.39 is 5.41 Å². The molecular formula is C22H26N2O3. The molecule has 0 aliphatic heterocycles. The average Bonchev–Trinajstić information content (AvgIpc) is 3.51. The van der Waals surface area contributed by atoms with E-state index in [0.717, 1.165) is 24.2 Å². The Kier molecular flexibility index (Phi) is 6.12. The molecule has 2 N–H and O–H groups in total. The zero-order valence-corrected chi connectivity index (χ0v) is 15.7. The number of carbonyl (C=O) groups is 2. The predicted molar refractivity (Wildman–Crippen MR) is 105 cm³/mol. The van der Waals surface area contributed by atoms with Crippen LogP contribution >= 0.6 is 0 Å². The van der Waals surface area contributed by atoms with E-state index in [1.165, 1.54) is 0 Å². The fourth-order valence-electron chi connectivity index (χ4n) is 2.86. The molecule has 1 saturated carbocycles. The van der Waals surface area contributed by atoms with Crippen LogP contribution in [0, 0.1) is 5.41 Å². The van der Waals surface area contributed by atoms with Crippen molar-refractivity contribution in [2.24, 2.45) is 5.41 Å². The molecule has 5 heteroatoms. The standard InChI is InChI=1S/C22H26N2O3/c1-2-3-15-23-20(25)22(13-14-22)21(26)24-18-9-11-19(12-10-18)27-16-17-7-5-4-6-8-17/h4-12H,2-3,13-16H2,1H3,(H,23,25)(H,24,26). The van der Waals surface area contributed by atoms with Gasteiger partial charge < -0.3 is 15.4 Å². The van der Waals surface area contributed by atoms with Crippen molar-refractivity contribution < 1.29 is 14.3 Å². The molecule has 2 aromatic carbocycles. The molecule has 0 spiro atoms. The monoisotopic (exact) mass is 366 g/mol. The Hall–Kier alpha value is -2.82. The topological polar surface area (TPSA) is 67.4 Å². The number of rotatable bonds is 9. The fraction of sp³-hybridized carbons (Fsp3) is 0.364. The summed E-state index contributed by atoms with van der Waals surface area (Å²) >= 11 is 0. The van der Waals surface area contributed by atoms with Crippen LogP contribution in [-0.4, -0.2) is 18.4 Å². The molecule has 0 saturated heterocycles. The molecule has 1 fully saturated rings. The van der Waals surface area contributed by atoms with Crippen LogP contribution in [0.5, 0.6) is 5.75 Å². The minimum atomic E-state index is -0.893. The molecule has 142 valence electrons. The number of hydrogen-bond donors (Lipinski definition) is 2. The maximum Gasteiger partial charge on any atom is 0.240 e. The highest BCUT2D eigenvalue weighted by atomic mass is 16.5. The summed E-state index contributed by atoms with van der Waals surface area (Å²) in [6.07, 6.45) is 3.15. The molecular weight excluding hydrogens is 340 g/mol. The molecule has 3 rings (SSSR count). The number of nitrogens with one attached hydrogen (secondary N) is 2. The Balaban J connectivity index is 1.52. The number of carbonyl (C=O) groups excluding carboxylic acids is 2. The molecule has 5 nitrogen and oxygen atoms in total. The molecule has 0 unspecified atom stereocenters. The molecule has 0 aromatic heterocycles. The number of ether oxygens (including phenoxy) is 1. The third-order valence-corrected chi connectivity index (χ3v) is 4.80. The van der Waals surface area contributed by atoms with Gasteiger partial charge in [-0.05, 0) is 49.1 Å². The summed E-state index contributed by atoms with van der Waals surface area (Å²) in [5.41, 5.74) is 0.871. The SMILES string of the molecule is CCCCNC(=O)C1(C(=O)Nc2ccc(OCc3ccccc3)cc2)CC1. The molecule has 2 aromatic rings. The summed E-state index contributed by atoms with van der Waals surface area (Å²) in [5, 5.41) is 5.74. The van der Waals surface area contributed by atoms with Gasteiger partial charge in [-0.15, -0.1) is 0 Å². The lowest BCUT2D eigenvalue weighted by atomic mass is 10.0. The van der Waals surface area contributed by atoms with Crippen LogP contribution in [0.15, 0.2) is 54.6 Å². The van der Waals surface area contributed by atoms with Gasteiger partial charge in [0, 0.05) is 12.2 Å². The first-order chi connectivity index (χ1) is 13.1. The van der Waals surface area contributed by atoms with Gasteiger partial charge in [-0.2, -0.15) is 0 Å². The maximum absolute atomic E-state index is 12.6. The summed E-state index contributed by atoms with van der Waals surface area (Å²) in [7, 11) is 0. The van der Waals surface area contributed by atoms with Crippen LogP contribution in [-0.2, 0) is 16.2 Å². The molecule has 27 heavy (non-hydrogen) atoms. The van der Waals surface area contributed by atoms with Crippen molar-refractivity contribution in [1.82, 2.24) is 5.32 Å². The lowest BCUT2D eigenvalue weighted by Crippen LogP contribution is -2.40. The van der Waals surface area contributed by atoms with Crippen LogP contribution in [0.3, 0.4) is 0 Å². The first-order valence-electron chi connectivity index (χ1n) is 9.50. The van der Waals surface area contributed by atoms with Gasteiger partial charge in [0.2, 0.25) is 11.8 Å². The molecule has 1 aliphatic carbocycles. The van der Waals surface area contributed by atoms with Crippen LogP contribution in [0.1, 0.15) is 38.2 Å². The van der Waals surface area contributed by atoms with Crippen LogP contribution in [0.4, 0.5) is 5.69 Å². The zero-order valence-electron chi connectivity index (χ0n) is 15.7. The van der Waals surface area contributed by atoms with Gasteiger partial charge in [0.1, 0.15) is 17.8 Å². The molecule has 0 atom stereocenters. The van der Waals surface area contributed by atoms with Gasteiger partial charge in [0.25, 0.3) is 0 Å². The van der Waals surface area contributed by atoms with E-state index in [1.807, 2.05) is 42.5 Å². The van der Waals surface area contributed by atoms with Crippen molar-refractivity contribution >= 4 is 17.5 Å². The zero-order chi connectivity index (χ0) is 19.1. The van der Waals surface area contributed by atoms with Gasteiger partial charge in [-0.1, -0.05) is 43.7 Å². The van der Waals surface area contributed by atoms with Crippen molar-refractivity contribution in [2.75, 3.05) is 11.9 Å². The first-order valence-corrected chi connectivity index (χ1v) is 9.50. The molecule has 2 amide bonds. The first kappa shape index (κ1) is 19.0. The highest BCUT2D eigenvalue weighted by molar-refractivity contribution is 6.13. The highest BCUT2D eigenvalue weighted by Gasteiger charge is 2.56. The van der Waals surface area contributed by atoms with Crippen LogP contribution in [0.25, 0.3) is 0 Å². The van der Waals surface area contributed by atoms with Crippen LogP contribution in [0.2, 0.25) is 0 Å². The van der Waals surface area contributed by atoms with Gasteiger partial charge in [-0.25, -0.2) is 0 Å². The molecule has 0 bridgehead atoms. The molecule has 1 aliphatic rings. The number of benzene rings is 2. The van der Waals surface area contributed by atoms with Crippen LogP contribution < -0.4 is 15.4 Å². The largest absolute Gasteiger partial charge is 0.489 e. The van der Waals surface area contributed by atoms with Crippen molar-refractivity contribution in [3.05, 3.63) is 60.2 Å². The van der Waals surface area contributed by atoms with Gasteiger partial charge >= 0.3 is 0 Å². The average molecular weight is 366 g/mol. The maximum atomic E-state index is 12.6. The summed E-state index contributed by atoms with van der Waals surface area (Å²) in [5.74, 6) is 0.348. The summed E-state index contributed by atoms with van der Waals surface area (Å²) in [4.78, 5) is 24.9. The Labute approximate surface area is 160 Å². The second kappa shape index (κ2) is 8.71. The highest BCUT2D eigenvalue weighted by Crippen LogP contribution is 2.46. The minimum Gasteiger partial charge on any atom is -0.489 e. The summed E-state index contributed by atoms with van der Waals surface area (Å²) in [6.45, 7) is 3.18. The Morgan fingerprint density at radius 1 is 1.00 bits per heavy atom. The number of hydrogen-bond acceptors (Lipinski definition) is 3. The lowest BCUT2D eigenvalue weighted by Gasteiger charge is -2.15. The van der Waals surface area contributed by atoms with Gasteiger partial charge in [0.15, 0.2) is 0 Å². The second-order valence-electron chi connectivity index (χ2n) is 6.94. The number of amides is 2. The summed E-state index contributed by atoms with van der Waals surface area (Å²) in [6, 6.07) is 17.2. The van der Waals surface area contributed by atoms with Gasteiger partial charge in [0.05, 0.1) is 0 Å². The molecule has 0 radical (unpaired) electrons. The van der Waals surface area contributed by atoms with Crippen molar-refractivity contribution in [3.63, 3.8) is 0 Å². The van der Waals surface area contributed by atoms with Crippen molar-refractivity contribution in [3.8, 4) is 5.75 Å².